The van der Waals surface area contributed by atoms with E-state index in [0.717, 1.165) is 10.0 Å². The first-order valence-electron chi connectivity index (χ1n) is 9.41. The van der Waals surface area contributed by atoms with Crippen LogP contribution in [0.4, 0.5) is 5.69 Å². The van der Waals surface area contributed by atoms with Crippen LogP contribution in [0.5, 0.6) is 5.75 Å². The van der Waals surface area contributed by atoms with E-state index in [1.807, 2.05) is 30.3 Å². The van der Waals surface area contributed by atoms with Crippen molar-refractivity contribution in [2.45, 2.75) is 11.7 Å². The van der Waals surface area contributed by atoms with Crippen LogP contribution in [0.2, 0.25) is 0 Å². The maximum absolute atomic E-state index is 13.4. The van der Waals surface area contributed by atoms with Crippen molar-refractivity contribution in [3.63, 3.8) is 0 Å². The van der Waals surface area contributed by atoms with Crippen molar-refractivity contribution in [1.29, 1.82) is 5.26 Å². The lowest BCUT2D eigenvalue weighted by molar-refractivity contribution is -0.117. The standard InChI is InChI=1S/C23H20BrN3O3S/c1-3-12-26-21(28)19(14-25)23-27(17-8-10-18(30-2)11-9-17)22(29)20(31-23)13-15-4-6-16(24)7-5-15/h3-11,20H,1,12-13H2,2H3,(H,26,28)/b23-19-. The molecule has 158 valence electrons. The van der Waals surface area contributed by atoms with Gasteiger partial charge in [0.25, 0.3) is 5.91 Å². The molecule has 0 spiro atoms. The van der Waals surface area contributed by atoms with Crippen molar-refractivity contribution >= 4 is 45.2 Å². The van der Waals surface area contributed by atoms with Gasteiger partial charge in [0.1, 0.15) is 22.4 Å². The number of rotatable bonds is 7. The van der Waals surface area contributed by atoms with Gasteiger partial charge in [0, 0.05) is 16.7 Å². The molecule has 0 aliphatic carbocycles. The molecule has 1 N–H and O–H groups in total. The lowest BCUT2D eigenvalue weighted by atomic mass is 10.1. The Kier molecular flexibility index (Phi) is 7.55. The molecule has 2 aromatic rings. The Hall–Kier alpha value is -3.02. The smallest absolute Gasteiger partial charge is 0.264 e. The first-order valence-corrected chi connectivity index (χ1v) is 11.1. The number of ether oxygens (including phenoxy) is 1. The number of thioether (sulfide) groups is 1. The van der Waals surface area contributed by atoms with Gasteiger partial charge in [-0.3, -0.25) is 14.5 Å². The van der Waals surface area contributed by atoms with Crippen molar-refractivity contribution < 1.29 is 14.3 Å². The van der Waals surface area contributed by atoms with E-state index in [-0.39, 0.29) is 18.0 Å². The van der Waals surface area contributed by atoms with Gasteiger partial charge in [0.15, 0.2) is 0 Å². The molecular formula is C23H20BrN3O3S. The fourth-order valence-corrected chi connectivity index (χ4v) is 4.61. The topological polar surface area (TPSA) is 82.4 Å². The number of carbonyl (C=O) groups excluding carboxylic acids is 2. The zero-order valence-electron chi connectivity index (χ0n) is 16.8. The number of halogens is 1. The SMILES string of the molecule is C=CCNC(=O)/C(C#N)=C1\SC(Cc2ccc(Br)cc2)C(=O)N1c1ccc(OC)cc1. The highest BCUT2D eigenvalue weighted by atomic mass is 79.9. The minimum absolute atomic E-state index is 0.102. The number of amides is 2. The fraction of sp³-hybridized carbons (Fsp3) is 0.174. The minimum Gasteiger partial charge on any atom is -0.497 e. The quantitative estimate of drug-likeness (QED) is 0.352. The third-order valence-electron chi connectivity index (χ3n) is 4.58. The summed E-state index contributed by atoms with van der Waals surface area (Å²) in [5.74, 6) is -0.0814. The van der Waals surface area contributed by atoms with Crippen LogP contribution in [-0.2, 0) is 16.0 Å². The molecule has 6 nitrogen and oxygen atoms in total. The summed E-state index contributed by atoms with van der Waals surface area (Å²) in [6.45, 7) is 3.80. The first kappa shape index (κ1) is 22.7. The van der Waals surface area contributed by atoms with Crippen molar-refractivity contribution in [3.8, 4) is 11.8 Å². The summed E-state index contributed by atoms with van der Waals surface area (Å²) in [5, 5.41) is 12.2. The lowest BCUT2D eigenvalue weighted by Gasteiger charge is -2.19. The predicted octanol–water partition coefficient (Wildman–Crippen LogP) is 4.19. The van der Waals surface area contributed by atoms with Crippen molar-refractivity contribution in [2.24, 2.45) is 0 Å². The number of methoxy groups -OCH3 is 1. The average Bonchev–Trinajstić information content (AvgIpc) is 3.10. The van der Waals surface area contributed by atoms with Crippen LogP contribution >= 0.6 is 27.7 Å². The van der Waals surface area contributed by atoms with Crippen LogP contribution < -0.4 is 15.0 Å². The molecule has 0 saturated carbocycles. The van der Waals surface area contributed by atoms with E-state index in [4.69, 9.17) is 4.74 Å². The second kappa shape index (κ2) is 10.3. The fourth-order valence-electron chi connectivity index (χ4n) is 3.04. The van der Waals surface area contributed by atoms with Crippen LogP contribution in [0.15, 0.2) is 76.3 Å². The molecule has 1 aliphatic rings. The molecule has 8 heteroatoms. The van der Waals surface area contributed by atoms with Gasteiger partial charge in [-0.15, -0.1) is 6.58 Å². The van der Waals surface area contributed by atoms with E-state index in [0.29, 0.717) is 22.9 Å². The number of benzene rings is 2. The van der Waals surface area contributed by atoms with Gasteiger partial charge in [-0.25, -0.2) is 0 Å². The van der Waals surface area contributed by atoms with E-state index in [1.165, 1.54) is 22.7 Å². The maximum atomic E-state index is 13.4. The van der Waals surface area contributed by atoms with Crippen molar-refractivity contribution in [3.05, 3.63) is 81.8 Å². The molecule has 2 aromatic carbocycles. The second-order valence-corrected chi connectivity index (χ2v) is 8.71. The molecule has 1 aliphatic heterocycles. The highest BCUT2D eigenvalue weighted by Gasteiger charge is 2.40. The third kappa shape index (κ3) is 5.19. The van der Waals surface area contributed by atoms with Crippen LogP contribution in [0.25, 0.3) is 0 Å². The number of nitrogens with zero attached hydrogens (tertiary/aromatic N) is 2. The highest BCUT2D eigenvalue weighted by molar-refractivity contribution is 9.10. The molecule has 1 saturated heterocycles. The summed E-state index contributed by atoms with van der Waals surface area (Å²) >= 11 is 4.64. The lowest BCUT2D eigenvalue weighted by Crippen LogP contribution is -2.32. The molecule has 1 atom stereocenters. The average molecular weight is 498 g/mol. The number of hydrogen-bond donors (Lipinski definition) is 1. The van der Waals surface area contributed by atoms with Crippen LogP contribution in [0.1, 0.15) is 5.56 Å². The van der Waals surface area contributed by atoms with Gasteiger partial charge in [0.05, 0.1) is 12.4 Å². The summed E-state index contributed by atoms with van der Waals surface area (Å²) in [6.07, 6.45) is 2.00. The van der Waals surface area contributed by atoms with Crippen molar-refractivity contribution in [2.75, 3.05) is 18.6 Å². The largest absolute Gasteiger partial charge is 0.497 e. The van der Waals surface area contributed by atoms with E-state index in [2.05, 4.69) is 27.8 Å². The predicted molar refractivity (Wildman–Crippen MR) is 126 cm³/mol. The summed E-state index contributed by atoms with van der Waals surface area (Å²) in [5.41, 5.74) is 1.45. The zero-order chi connectivity index (χ0) is 22.4. The number of nitriles is 1. The molecule has 31 heavy (non-hydrogen) atoms. The van der Waals surface area contributed by atoms with Crippen LogP contribution in [0.3, 0.4) is 0 Å². The summed E-state index contributed by atoms with van der Waals surface area (Å²) in [6, 6.07) is 16.6. The zero-order valence-corrected chi connectivity index (χ0v) is 19.2. The van der Waals surface area contributed by atoms with E-state index >= 15 is 0 Å². The van der Waals surface area contributed by atoms with Gasteiger partial charge in [0.2, 0.25) is 5.91 Å². The molecule has 3 rings (SSSR count). The Bertz CT molecular complexity index is 1060. The molecule has 0 bridgehead atoms. The van der Waals surface area contributed by atoms with Gasteiger partial charge in [-0.1, -0.05) is 45.9 Å². The monoisotopic (exact) mass is 497 g/mol. The molecule has 1 heterocycles. The molecule has 1 unspecified atom stereocenters. The Balaban J connectivity index is 2.01. The molecule has 2 amide bonds. The summed E-state index contributed by atoms with van der Waals surface area (Å²) < 4.78 is 6.15. The van der Waals surface area contributed by atoms with Crippen LogP contribution in [-0.4, -0.2) is 30.7 Å². The van der Waals surface area contributed by atoms with Gasteiger partial charge in [-0.05, 0) is 48.4 Å². The van der Waals surface area contributed by atoms with Gasteiger partial charge < -0.3 is 10.1 Å². The second-order valence-electron chi connectivity index (χ2n) is 6.60. The highest BCUT2D eigenvalue weighted by Crippen LogP contribution is 2.42. The Labute approximate surface area is 193 Å². The Morgan fingerprint density at radius 2 is 1.97 bits per heavy atom. The third-order valence-corrected chi connectivity index (χ3v) is 6.37. The number of carbonyl (C=O) groups is 2. The van der Waals surface area contributed by atoms with E-state index in [9.17, 15) is 14.9 Å². The summed E-state index contributed by atoms with van der Waals surface area (Å²) in [7, 11) is 1.56. The summed E-state index contributed by atoms with van der Waals surface area (Å²) in [4.78, 5) is 27.4. The normalized spacial score (nSPS) is 17.1. The van der Waals surface area contributed by atoms with Crippen LogP contribution in [0, 0.1) is 11.3 Å². The number of anilines is 1. The van der Waals surface area contributed by atoms with E-state index < -0.39 is 11.2 Å². The first-order chi connectivity index (χ1) is 15.0. The minimum atomic E-state index is -0.541. The maximum Gasteiger partial charge on any atom is 0.264 e. The van der Waals surface area contributed by atoms with Gasteiger partial charge >= 0.3 is 0 Å². The van der Waals surface area contributed by atoms with Crippen molar-refractivity contribution in [1.82, 2.24) is 5.32 Å². The molecule has 0 radical (unpaired) electrons. The Morgan fingerprint density at radius 3 is 2.55 bits per heavy atom. The number of nitrogens with one attached hydrogen (secondary N) is 1. The van der Waals surface area contributed by atoms with Gasteiger partial charge in [-0.2, -0.15) is 5.26 Å². The molecule has 1 fully saturated rings. The number of hydrogen-bond acceptors (Lipinski definition) is 5. The Morgan fingerprint density at radius 1 is 1.29 bits per heavy atom. The molecular weight excluding hydrogens is 478 g/mol. The molecule has 0 aromatic heterocycles. The van der Waals surface area contributed by atoms with E-state index in [1.54, 1.807) is 31.4 Å².